The number of nitrogens with zero attached hydrogens (tertiary/aromatic N) is 2. The molecule has 4 rings (SSSR count). The number of hydrogen-bond acceptors (Lipinski definition) is 7. The summed E-state index contributed by atoms with van der Waals surface area (Å²) in [6, 6.07) is 18.0. The fourth-order valence-corrected chi connectivity index (χ4v) is 4.61. The fraction of sp³-hybridized carbons (Fsp3) is 0.333. The smallest absolute Gasteiger partial charge is 0.360 e. The van der Waals surface area contributed by atoms with Crippen LogP contribution >= 0.6 is 0 Å². The lowest BCUT2D eigenvalue weighted by atomic mass is 9.87. The van der Waals surface area contributed by atoms with E-state index in [-0.39, 0.29) is 17.5 Å². The SMILES string of the molecule is COC(=O)c1nc(CCCN2CCc3cc(OC)c(OC)cc3C2c2ccccc2)ccc1O. The molecule has 1 unspecified atom stereocenters. The highest BCUT2D eigenvalue weighted by Crippen LogP contribution is 2.41. The van der Waals surface area contributed by atoms with Gasteiger partial charge in [-0.25, -0.2) is 9.78 Å². The van der Waals surface area contributed by atoms with Crippen molar-refractivity contribution in [3.63, 3.8) is 0 Å². The van der Waals surface area contributed by atoms with Crippen molar-refractivity contribution >= 4 is 5.97 Å². The highest BCUT2D eigenvalue weighted by Gasteiger charge is 2.30. The lowest BCUT2D eigenvalue weighted by Crippen LogP contribution is -2.37. The fourth-order valence-electron chi connectivity index (χ4n) is 4.61. The average Bonchev–Trinajstić information content (AvgIpc) is 2.88. The van der Waals surface area contributed by atoms with Crippen molar-refractivity contribution in [2.24, 2.45) is 0 Å². The second-order valence-electron chi connectivity index (χ2n) is 8.27. The number of fused-ring (bicyclic) bond motifs is 1. The molecular weight excluding hydrogens is 432 g/mol. The number of aromatic hydroxyl groups is 1. The normalized spacial score (nSPS) is 15.4. The highest BCUT2D eigenvalue weighted by molar-refractivity contribution is 5.90. The van der Waals surface area contributed by atoms with E-state index < -0.39 is 5.97 Å². The Hall–Kier alpha value is -3.58. The number of carbonyl (C=O) groups excluding carboxylic acids is 1. The van der Waals surface area contributed by atoms with E-state index >= 15 is 0 Å². The van der Waals surface area contributed by atoms with Gasteiger partial charge in [-0.1, -0.05) is 30.3 Å². The van der Waals surface area contributed by atoms with Crippen LogP contribution in [0, 0.1) is 0 Å². The molecule has 1 aliphatic heterocycles. The van der Waals surface area contributed by atoms with Crippen molar-refractivity contribution in [3.8, 4) is 17.2 Å². The summed E-state index contributed by atoms with van der Waals surface area (Å²) in [4.78, 5) is 18.6. The van der Waals surface area contributed by atoms with Gasteiger partial charge in [-0.3, -0.25) is 4.90 Å². The minimum absolute atomic E-state index is 0.0462. The molecular formula is C27H30N2O5. The number of aromatic nitrogens is 1. The van der Waals surface area contributed by atoms with Crippen LogP contribution in [0.3, 0.4) is 0 Å². The minimum atomic E-state index is -0.638. The second-order valence-corrected chi connectivity index (χ2v) is 8.27. The van der Waals surface area contributed by atoms with Gasteiger partial charge in [-0.2, -0.15) is 0 Å². The third kappa shape index (κ3) is 4.84. The van der Waals surface area contributed by atoms with E-state index in [0.29, 0.717) is 6.42 Å². The Morgan fingerprint density at radius 3 is 2.50 bits per heavy atom. The van der Waals surface area contributed by atoms with Gasteiger partial charge in [0.15, 0.2) is 17.2 Å². The number of esters is 1. The summed E-state index contributed by atoms with van der Waals surface area (Å²) in [6.45, 7) is 1.77. The molecule has 1 aliphatic rings. The summed E-state index contributed by atoms with van der Waals surface area (Å²) in [7, 11) is 4.60. The molecule has 0 radical (unpaired) electrons. The molecule has 0 spiro atoms. The molecule has 1 atom stereocenters. The van der Waals surface area contributed by atoms with Crippen molar-refractivity contribution in [1.29, 1.82) is 0 Å². The molecule has 1 aromatic heterocycles. The Morgan fingerprint density at radius 2 is 1.79 bits per heavy atom. The van der Waals surface area contributed by atoms with Crippen LogP contribution in [0.1, 0.15) is 45.3 Å². The van der Waals surface area contributed by atoms with E-state index in [1.54, 1.807) is 20.3 Å². The summed E-state index contributed by atoms with van der Waals surface area (Å²) in [6.07, 6.45) is 2.45. The van der Waals surface area contributed by atoms with E-state index in [1.165, 1.54) is 29.9 Å². The molecule has 34 heavy (non-hydrogen) atoms. The largest absolute Gasteiger partial charge is 0.505 e. The lowest BCUT2D eigenvalue weighted by molar-refractivity contribution is 0.0590. The summed E-state index contributed by atoms with van der Waals surface area (Å²) in [5.74, 6) is 0.672. The van der Waals surface area contributed by atoms with Crippen molar-refractivity contribution in [2.75, 3.05) is 34.4 Å². The Kier molecular flexibility index (Phi) is 7.33. The predicted molar refractivity (Wildman–Crippen MR) is 129 cm³/mol. The standard InChI is InChI=1S/C27H30N2O5/c1-32-23-16-19-13-15-29(14-7-10-20-11-12-22(30)25(28-20)27(31)34-3)26(18-8-5-4-6-9-18)21(19)17-24(23)33-2/h4-6,8-9,11-12,16-17,26,30H,7,10,13-15H2,1-3H3. The van der Waals surface area contributed by atoms with E-state index in [9.17, 15) is 9.90 Å². The molecule has 0 bridgehead atoms. The van der Waals surface area contributed by atoms with Crippen LogP contribution < -0.4 is 9.47 Å². The van der Waals surface area contributed by atoms with Gasteiger partial charge < -0.3 is 19.3 Å². The first kappa shape index (κ1) is 23.6. The molecule has 178 valence electrons. The average molecular weight is 463 g/mol. The topological polar surface area (TPSA) is 81.1 Å². The number of benzene rings is 2. The molecule has 2 aromatic carbocycles. The van der Waals surface area contributed by atoms with Crippen molar-refractivity contribution < 1.29 is 24.1 Å². The number of aryl methyl sites for hydroxylation is 1. The maximum absolute atomic E-state index is 11.9. The Labute approximate surface area is 199 Å². The maximum Gasteiger partial charge on any atom is 0.360 e. The van der Waals surface area contributed by atoms with E-state index in [1.807, 2.05) is 6.07 Å². The zero-order valence-electron chi connectivity index (χ0n) is 19.8. The number of hydrogen-bond donors (Lipinski definition) is 1. The van der Waals surface area contributed by atoms with Crippen LogP contribution in [0.25, 0.3) is 0 Å². The number of carbonyl (C=O) groups is 1. The van der Waals surface area contributed by atoms with Crippen LogP contribution in [-0.2, 0) is 17.6 Å². The molecule has 7 heteroatoms. The van der Waals surface area contributed by atoms with E-state index in [2.05, 4.69) is 46.3 Å². The third-order valence-electron chi connectivity index (χ3n) is 6.28. The molecule has 0 saturated heterocycles. The molecule has 3 aromatic rings. The first-order chi connectivity index (χ1) is 16.5. The summed E-state index contributed by atoms with van der Waals surface area (Å²) in [5.41, 5.74) is 4.43. The minimum Gasteiger partial charge on any atom is -0.505 e. The van der Waals surface area contributed by atoms with Crippen molar-refractivity contribution in [3.05, 3.63) is 82.7 Å². The number of pyridine rings is 1. The molecule has 0 fully saturated rings. The van der Waals surface area contributed by atoms with E-state index in [4.69, 9.17) is 14.2 Å². The number of rotatable bonds is 8. The third-order valence-corrected chi connectivity index (χ3v) is 6.28. The van der Waals surface area contributed by atoms with Gasteiger partial charge >= 0.3 is 5.97 Å². The van der Waals surface area contributed by atoms with Gasteiger partial charge in [-0.05, 0) is 66.8 Å². The van der Waals surface area contributed by atoms with Crippen LogP contribution in [0.15, 0.2) is 54.6 Å². The summed E-state index contributed by atoms with van der Waals surface area (Å²) in [5, 5.41) is 9.91. The molecule has 2 heterocycles. The van der Waals surface area contributed by atoms with Crippen LogP contribution in [-0.4, -0.2) is 55.4 Å². The predicted octanol–water partition coefficient (Wildman–Crippen LogP) is 4.17. The Bertz CT molecular complexity index is 1150. The zero-order chi connectivity index (χ0) is 24.1. The first-order valence-electron chi connectivity index (χ1n) is 11.4. The maximum atomic E-state index is 11.9. The van der Waals surface area contributed by atoms with Gasteiger partial charge in [-0.15, -0.1) is 0 Å². The monoisotopic (exact) mass is 462 g/mol. The summed E-state index contributed by atoms with van der Waals surface area (Å²) >= 11 is 0. The molecule has 0 saturated carbocycles. The molecule has 0 aliphatic carbocycles. The lowest BCUT2D eigenvalue weighted by Gasteiger charge is -2.38. The van der Waals surface area contributed by atoms with Crippen LogP contribution in [0.2, 0.25) is 0 Å². The second kappa shape index (κ2) is 10.6. The quantitative estimate of drug-likeness (QED) is 0.503. The Balaban J connectivity index is 1.57. The Morgan fingerprint density at radius 1 is 1.06 bits per heavy atom. The number of methoxy groups -OCH3 is 3. The molecule has 1 N–H and O–H groups in total. The van der Waals surface area contributed by atoms with Gasteiger partial charge in [0.1, 0.15) is 5.75 Å². The van der Waals surface area contributed by atoms with Gasteiger partial charge in [0.25, 0.3) is 0 Å². The zero-order valence-corrected chi connectivity index (χ0v) is 19.8. The first-order valence-corrected chi connectivity index (χ1v) is 11.4. The molecule has 7 nitrogen and oxygen atoms in total. The van der Waals surface area contributed by atoms with Crippen LogP contribution in [0.4, 0.5) is 0 Å². The van der Waals surface area contributed by atoms with Gasteiger partial charge in [0, 0.05) is 12.2 Å². The van der Waals surface area contributed by atoms with Gasteiger partial charge in [0.05, 0.1) is 27.4 Å². The van der Waals surface area contributed by atoms with Crippen molar-refractivity contribution in [1.82, 2.24) is 9.88 Å². The van der Waals surface area contributed by atoms with Crippen LogP contribution in [0.5, 0.6) is 17.2 Å². The number of ether oxygens (including phenoxy) is 3. The van der Waals surface area contributed by atoms with Gasteiger partial charge in [0.2, 0.25) is 0 Å². The molecule has 0 amide bonds. The summed E-state index contributed by atoms with van der Waals surface area (Å²) < 4.78 is 15.8. The highest BCUT2D eigenvalue weighted by atomic mass is 16.5. The van der Waals surface area contributed by atoms with Crippen molar-refractivity contribution in [2.45, 2.75) is 25.3 Å². The van der Waals surface area contributed by atoms with E-state index in [0.717, 1.165) is 43.1 Å².